The van der Waals surface area contributed by atoms with Crippen molar-refractivity contribution >= 4 is 27.7 Å². The van der Waals surface area contributed by atoms with E-state index in [1.54, 1.807) is 6.92 Å². The van der Waals surface area contributed by atoms with Gasteiger partial charge in [0.2, 0.25) is 5.88 Å². The third-order valence-corrected chi connectivity index (χ3v) is 4.92. The summed E-state index contributed by atoms with van der Waals surface area (Å²) >= 11 is 3.51. The number of ketones is 1. The molecule has 3 rings (SSSR count). The molecule has 6 heteroatoms. The third-order valence-electron chi connectivity index (χ3n) is 4.20. The normalized spacial score (nSPS) is 20.6. The Labute approximate surface area is 148 Å². The molecule has 0 aromatic heterocycles. The minimum Gasteiger partial charge on any atom is -0.462 e. The molecule has 0 amide bonds. The van der Waals surface area contributed by atoms with Gasteiger partial charge in [-0.3, -0.25) is 4.79 Å². The fourth-order valence-electron chi connectivity index (χ4n) is 3.18. The van der Waals surface area contributed by atoms with E-state index >= 15 is 0 Å². The molecule has 1 aliphatic carbocycles. The van der Waals surface area contributed by atoms with Gasteiger partial charge in [-0.1, -0.05) is 34.1 Å². The van der Waals surface area contributed by atoms with E-state index in [1.165, 1.54) is 0 Å². The number of carbonyl (C=O) groups excluding carboxylic acids is 2. The summed E-state index contributed by atoms with van der Waals surface area (Å²) in [5.74, 6) is -0.552. The Morgan fingerprint density at radius 3 is 2.83 bits per heavy atom. The predicted octanol–water partition coefficient (Wildman–Crippen LogP) is 3.30. The van der Waals surface area contributed by atoms with Crippen LogP contribution in [0.2, 0.25) is 0 Å². The zero-order valence-corrected chi connectivity index (χ0v) is 14.9. The van der Waals surface area contributed by atoms with E-state index in [0.717, 1.165) is 16.5 Å². The molecule has 5 nitrogen and oxygen atoms in total. The van der Waals surface area contributed by atoms with E-state index in [-0.39, 0.29) is 23.8 Å². The van der Waals surface area contributed by atoms with Crippen molar-refractivity contribution in [1.82, 2.24) is 0 Å². The summed E-state index contributed by atoms with van der Waals surface area (Å²) in [6, 6.07) is 7.49. The summed E-state index contributed by atoms with van der Waals surface area (Å²) < 4.78 is 11.6. The number of carbonyl (C=O) groups is 2. The molecular formula is C18H18BrNO4. The molecule has 1 aromatic carbocycles. The number of halogens is 1. The van der Waals surface area contributed by atoms with E-state index in [9.17, 15) is 9.59 Å². The smallest absolute Gasteiger partial charge is 0.340 e. The van der Waals surface area contributed by atoms with Gasteiger partial charge in [0.25, 0.3) is 0 Å². The van der Waals surface area contributed by atoms with Crippen LogP contribution in [0, 0.1) is 0 Å². The lowest BCUT2D eigenvalue weighted by atomic mass is 9.77. The number of ether oxygens (including phenoxy) is 2. The second kappa shape index (κ2) is 6.81. The minimum atomic E-state index is -0.573. The van der Waals surface area contributed by atoms with Crippen molar-refractivity contribution in [2.75, 3.05) is 6.61 Å². The minimum absolute atomic E-state index is 0.00805. The number of rotatable bonds is 3. The van der Waals surface area contributed by atoms with Gasteiger partial charge in [-0.15, -0.1) is 0 Å². The Bertz CT molecular complexity index is 766. The molecule has 0 bridgehead atoms. The molecule has 1 heterocycles. The molecule has 0 fully saturated rings. The first-order chi connectivity index (χ1) is 11.5. The molecular weight excluding hydrogens is 374 g/mol. The third kappa shape index (κ3) is 2.86. The quantitative estimate of drug-likeness (QED) is 0.799. The van der Waals surface area contributed by atoms with Crippen LogP contribution in [0.25, 0.3) is 0 Å². The maximum Gasteiger partial charge on any atom is 0.340 e. The molecule has 1 aliphatic heterocycles. The Morgan fingerprint density at radius 2 is 2.12 bits per heavy atom. The topological polar surface area (TPSA) is 78.6 Å². The number of benzene rings is 1. The van der Waals surface area contributed by atoms with Crippen molar-refractivity contribution in [3.05, 3.63) is 57.1 Å². The van der Waals surface area contributed by atoms with Crippen molar-refractivity contribution in [2.45, 2.75) is 32.1 Å². The van der Waals surface area contributed by atoms with Crippen molar-refractivity contribution in [2.24, 2.45) is 5.73 Å². The van der Waals surface area contributed by atoms with Gasteiger partial charge in [-0.05, 0) is 25.0 Å². The number of nitrogens with two attached hydrogens (primary N) is 1. The summed E-state index contributed by atoms with van der Waals surface area (Å²) in [4.78, 5) is 25.1. The van der Waals surface area contributed by atoms with E-state index in [1.807, 2.05) is 24.3 Å². The van der Waals surface area contributed by atoms with Crippen LogP contribution in [-0.2, 0) is 19.1 Å². The molecule has 1 atom stereocenters. The van der Waals surface area contributed by atoms with Gasteiger partial charge in [-0.25, -0.2) is 4.79 Å². The molecule has 1 aromatic rings. The van der Waals surface area contributed by atoms with Crippen LogP contribution in [0.3, 0.4) is 0 Å². The zero-order valence-electron chi connectivity index (χ0n) is 13.3. The second-order valence-electron chi connectivity index (χ2n) is 5.67. The first kappa shape index (κ1) is 16.8. The zero-order chi connectivity index (χ0) is 17.3. The number of hydrogen-bond acceptors (Lipinski definition) is 5. The highest BCUT2D eigenvalue weighted by Gasteiger charge is 2.41. The number of hydrogen-bond donors (Lipinski definition) is 1. The van der Waals surface area contributed by atoms with E-state index < -0.39 is 11.9 Å². The fourth-order valence-corrected chi connectivity index (χ4v) is 3.70. The SMILES string of the molecule is CCOC(=O)C1=C(N)OC2=C(C(=O)CCC2)[C@H]1c1ccccc1Br. The molecule has 24 heavy (non-hydrogen) atoms. The van der Waals surface area contributed by atoms with Crippen molar-refractivity contribution in [3.8, 4) is 0 Å². The highest BCUT2D eigenvalue weighted by Crippen LogP contribution is 2.45. The maximum absolute atomic E-state index is 12.6. The summed E-state index contributed by atoms with van der Waals surface area (Å²) in [6.45, 7) is 1.94. The lowest BCUT2D eigenvalue weighted by molar-refractivity contribution is -0.139. The molecule has 0 spiro atoms. The average Bonchev–Trinajstić information content (AvgIpc) is 2.54. The Hall–Kier alpha value is -2.08. The standard InChI is InChI=1S/C18H18BrNO4/c1-2-23-18(22)16-14(10-6-3-4-7-11(10)19)15-12(21)8-5-9-13(15)24-17(16)20/h3-4,6-7,14H,2,5,8-9,20H2,1H3/t14-/m1/s1. The van der Waals surface area contributed by atoms with Gasteiger partial charge in [0.05, 0.1) is 12.5 Å². The van der Waals surface area contributed by atoms with Crippen molar-refractivity contribution in [1.29, 1.82) is 0 Å². The summed E-state index contributed by atoms with van der Waals surface area (Å²) in [6.07, 6.45) is 1.81. The first-order valence-electron chi connectivity index (χ1n) is 7.89. The van der Waals surface area contributed by atoms with Gasteiger partial charge in [0.15, 0.2) is 5.78 Å². The summed E-state index contributed by atoms with van der Waals surface area (Å²) in [5, 5.41) is 0. The largest absolute Gasteiger partial charge is 0.462 e. The molecule has 0 radical (unpaired) electrons. The van der Waals surface area contributed by atoms with E-state index in [0.29, 0.717) is 24.2 Å². The highest BCUT2D eigenvalue weighted by molar-refractivity contribution is 9.10. The van der Waals surface area contributed by atoms with Gasteiger partial charge in [0.1, 0.15) is 11.3 Å². The van der Waals surface area contributed by atoms with Crippen LogP contribution in [0.1, 0.15) is 37.7 Å². The van der Waals surface area contributed by atoms with Gasteiger partial charge < -0.3 is 15.2 Å². The van der Waals surface area contributed by atoms with Crippen LogP contribution < -0.4 is 5.73 Å². The fraction of sp³-hybridized carbons (Fsp3) is 0.333. The van der Waals surface area contributed by atoms with Crippen LogP contribution in [0.15, 0.2) is 51.5 Å². The molecule has 2 N–H and O–H groups in total. The predicted molar refractivity (Wildman–Crippen MR) is 91.7 cm³/mol. The lowest BCUT2D eigenvalue weighted by Gasteiger charge is -2.32. The summed E-state index contributed by atoms with van der Waals surface area (Å²) in [5.41, 5.74) is 7.55. The number of Topliss-reactive ketones (excluding diaryl/α,β-unsaturated/α-hetero) is 1. The molecule has 2 aliphatic rings. The summed E-state index contributed by atoms with van der Waals surface area (Å²) in [7, 11) is 0. The van der Waals surface area contributed by atoms with Gasteiger partial charge >= 0.3 is 5.97 Å². The Balaban J connectivity index is 2.19. The lowest BCUT2D eigenvalue weighted by Crippen LogP contribution is -2.31. The van der Waals surface area contributed by atoms with Crippen LogP contribution >= 0.6 is 15.9 Å². The molecule has 126 valence electrons. The monoisotopic (exact) mass is 391 g/mol. The van der Waals surface area contributed by atoms with Gasteiger partial charge in [-0.2, -0.15) is 0 Å². The molecule has 0 unspecified atom stereocenters. The van der Waals surface area contributed by atoms with Crippen LogP contribution in [0.4, 0.5) is 0 Å². The number of esters is 1. The van der Waals surface area contributed by atoms with E-state index in [4.69, 9.17) is 15.2 Å². The molecule has 0 saturated carbocycles. The van der Waals surface area contributed by atoms with Crippen LogP contribution in [0.5, 0.6) is 0 Å². The Kier molecular flexibility index (Phi) is 4.76. The van der Waals surface area contributed by atoms with E-state index in [2.05, 4.69) is 15.9 Å². The van der Waals surface area contributed by atoms with Crippen molar-refractivity contribution in [3.63, 3.8) is 0 Å². The maximum atomic E-state index is 12.6. The first-order valence-corrected chi connectivity index (χ1v) is 8.69. The van der Waals surface area contributed by atoms with Crippen molar-refractivity contribution < 1.29 is 19.1 Å². The second-order valence-corrected chi connectivity index (χ2v) is 6.52. The number of allylic oxidation sites excluding steroid dienone is 2. The Morgan fingerprint density at radius 1 is 1.38 bits per heavy atom. The van der Waals surface area contributed by atoms with Crippen LogP contribution in [-0.4, -0.2) is 18.4 Å². The average molecular weight is 392 g/mol. The highest BCUT2D eigenvalue weighted by atomic mass is 79.9. The van der Waals surface area contributed by atoms with Gasteiger partial charge in [0, 0.05) is 22.9 Å². The molecule has 0 saturated heterocycles.